The maximum atomic E-state index is 12.8. The number of aliphatic hydroxyl groups excluding tert-OH is 1. The van der Waals surface area contributed by atoms with E-state index in [0.717, 1.165) is 31.5 Å². The van der Waals surface area contributed by atoms with Crippen LogP contribution < -0.4 is 15.8 Å². The molecule has 0 spiro atoms. The molecule has 4 N–H and O–H groups in total. The number of nitrogen functional groups attached to an aromatic ring is 1. The Morgan fingerprint density at radius 1 is 1.52 bits per heavy atom. The van der Waals surface area contributed by atoms with Crippen LogP contribution in [0.25, 0.3) is 0 Å². The number of aliphatic hydroxyl groups is 1. The number of halogens is 1. The number of β-amino-alcohol motifs (C(OH)–C–C–N with tert-alkyl or cyclic N) is 1. The average molecular weight is 396 g/mol. The van der Waals surface area contributed by atoms with E-state index in [2.05, 4.69) is 24.1 Å². The highest BCUT2D eigenvalue weighted by atomic mass is 35.5. The maximum Gasteiger partial charge on any atom is 0.255 e. The molecule has 6 nitrogen and oxygen atoms in total. The van der Waals surface area contributed by atoms with Gasteiger partial charge in [0.2, 0.25) is 0 Å². The molecule has 1 aromatic rings. The number of fused-ring (bicyclic) bond motifs is 1. The van der Waals surface area contributed by atoms with Gasteiger partial charge in [-0.15, -0.1) is 0 Å². The lowest BCUT2D eigenvalue weighted by molar-refractivity contribution is 0.0370. The zero-order valence-corrected chi connectivity index (χ0v) is 16.9. The van der Waals surface area contributed by atoms with Crippen LogP contribution in [-0.2, 0) is 6.42 Å². The first-order chi connectivity index (χ1) is 12.9. The Morgan fingerprint density at radius 3 is 3.00 bits per heavy atom. The lowest BCUT2D eigenvalue weighted by Gasteiger charge is -2.36. The van der Waals surface area contributed by atoms with Crippen LogP contribution in [0.1, 0.15) is 49.0 Å². The molecule has 0 saturated carbocycles. The number of nitrogens with one attached hydrogen (secondary N) is 1. The van der Waals surface area contributed by atoms with E-state index in [0.29, 0.717) is 47.5 Å². The van der Waals surface area contributed by atoms with E-state index < -0.39 is 6.10 Å². The first kappa shape index (κ1) is 20.2. The Kier molecular flexibility index (Phi) is 6.50. The Balaban J connectivity index is 1.60. The number of ether oxygens (including phenoxy) is 1. The lowest BCUT2D eigenvalue weighted by Crippen LogP contribution is -2.54. The van der Waals surface area contributed by atoms with Crippen LogP contribution in [0.5, 0.6) is 5.75 Å². The smallest absolute Gasteiger partial charge is 0.255 e. The minimum Gasteiger partial charge on any atom is -0.492 e. The molecule has 1 aromatic carbocycles. The van der Waals surface area contributed by atoms with Gasteiger partial charge in [0.1, 0.15) is 5.75 Å². The van der Waals surface area contributed by atoms with E-state index in [9.17, 15) is 9.90 Å². The number of carbonyl (C=O) groups excluding carboxylic acids is 1. The second kappa shape index (κ2) is 8.67. The van der Waals surface area contributed by atoms with E-state index in [1.54, 1.807) is 6.07 Å². The highest BCUT2D eigenvalue weighted by Gasteiger charge is 2.31. The number of anilines is 1. The first-order valence-electron chi connectivity index (χ1n) is 9.81. The normalized spacial score (nSPS) is 22.6. The summed E-state index contributed by atoms with van der Waals surface area (Å²) in [5.74, 6) is 0.949. The Labute approximate surface area is 166 Å². The number of carbonyl (C=O) groups is 1. The Bertz CT molecular complexity index is 696. The van der Waals surface area contributed by atoms with Crippen molar-refractivity contribution in [1.82, 2.24) is 10.2 Å². The van der Waals surface area contributed by atoms with Crippen LogP contribution in [0.2, 0.25) is 5.02 Å². The Hall–Kier alpha value is -1.50. The number of amides is 1. The number of hydrogen-bond acceptors (Lipinski definition) is 5. The monoisotopic (exact) mass is 395 g/mol. The average Bonchev–Trinajstić information content (AvgIpc) is 3.10. The molecule has 3 rings (SSSR count). The minimum absolute atomic E-state index is 0.271. The number of benzene rings is 1. The van der Waals surface area contributed by atoms with Gasteiger partial charge >= 0.3 is 0 Å². The molecule has 0 unspecified atom stereocenters. The van der Waals surface area contributed by atoms with Crippen LogP contribution in [0.15, 0.2) is 6.07 Å². The maximum absolute atomic E-state index is 12.8. The van der Waals surface area contributed by atoms with Crippen molar-refractivity contribution in [2.24, 2.45) is 5.92 Å². The molecule has 1 saturated heterocycles. The second-order valence-corrected chi connectivity index (χ2v) is 8.41. The third-order valence-electron chi connectivity index (χ3n) is 5.45. The molecule has 1 amide bonds. The summed E-state index contributed by atoms with van der Waals surface area (Å²) < 4.78 is 5.61. The topological polar surface area (TPSA) is 87.8 Å². The molecule has 0 aromatic heterocycles. The summed E-state index contributed by atoms with van der Waals surface area (Å²) in [5.41, 5.74) is 7.67. The predicted molar refractivity (Wildman–Crippen MR) is 107 cm³/mol. The van der Waals surface area contributed by atoms with Crippen LogP contribution in [0.4, 0.5) is 5.69 Å². The van der Waals surface area contributed by atoms with E-state index in [1.165, 1.54) is 6.42 Å². The van der Waals surface area contributed by atoms with Gasteiger partial charge in [-0.25, -0.2) is 0 Å². The summed E-state index contributed by atoms with van der Waals surface area (Å²) in [6, 6.07) is 1.29. The largest absolute Gasteiger partial charge is 0.492 e. The molecule has 0 aliphatic carbocycles. The molecule has 2 heterocycles. The molecule has 2 aliphatic rings. The number of piperidine rings is 1. The van der Waals surface area contributed by atoms with Gasteiger partial charge in [0.15, 0.2) is 0 Å². The number of hydrogen-bond donors (Lipinski definition) is 3. The van der Waals surface area contributed by atoms with Gasteiger partial charge in [-0.3, -0.25) is 4.79 Å². The van der Waals surface area contributed by atoms with Gasteiger partial charge in [0.05, 0.1) is 35.0 Å². The molecule has 7 heteroatoms. The van der Waals surface area contributed by atoms with Gasteiger partial charge in [-0.2, -0.15) is 0 Å². The minimum atomic E-state index is -0.583. The van der Waals surface area contributed by atoms with Crippen molar-refractivity contribution in [1.29, 1.82) is 0 Å². The fraction of sp³-hybridized carbons (Fsp3) is 0.650. The molecule has 2 atom stereocenters. The number of nitrogens with two attached hydrogens (primary N) is 1. The van der Waals surface area contributed by atoms with E-state index in [4.69, 9.17) is 22.1 Å². The number of likely N-dealkylation sites (tertiary alicyclic amines) is 1. The highest BCUT2D eigenvalue weighted by Crippen LogP contribution is 2.38. The second-order valence-electron chi connectivity index (χ2n) is 8.00. The van der Waals surface area contributed by atoms with Gasteiger partial charge in [-0.1, -0.05) is 25.4 Å². The van der Waals surface area contributed by atoms with Crippen molar-refractivity contribution in [2.45, 2.75) is 51.7 Å². The van der Waals surface area contributed by atoms with Crippen LogP contribution in [0.3, 0.4) is 0 Å². The van der Waals surface area contributed by atoms with Crippen molar-refractivity contribution in [3.8, 4) is 5.75 Å². The molecule has 0 bridgehead atoms. The van der Waals surface area contributed by atoms with Crippen molar-refractivity contribution >= 4 is 23.2 Å². The fourth-order valence-corrected chi connectivity index (χ4v) is 4.10. The standard InChI is InChI=1S/C20H30ClN3O3/c1-12(2)4-3-7-24-8-5-16(17(25)11-24)23-20(26)14-10-15(21)18(22)13-6-9-27-19(13)14/h10,12,16-17,25H,3-9,11,22H2,1-2H3,(H,23,26)/t16-,17+/m1/s1. The van der Waals surface area contributed by atoms with Crippen LogP contribution in [-0.4, -0.2) is 54.3 Å². The van der Waals surface area contributed by atoms with Gasteiger partial charge in [0.25, 0.3) is 5.91 Å². The first-order valence-corrected chi connectivity index (χ1v) is 10.2. The number of rotatable bonds is 6. The quantitative estimate of drug-likeness (QED) is 0.644. The number of nitrogens with zero attached hydrogens (tertiary/aromatic N) is 1. The fourth-order valence-electron chi connectivity index (χ4n) is 3.87. The predicted octanol–water partition coefficient (Wildman–Crippen LogP) is 2.46. The van der Waals surface area contributed by atoms with E-state index >= 15 is 0 Å². The van der Waals surface area contributed by atoms with Gasteiger partial charge < -0.3 is 25.8 Å². The van der Waals surface area contributed by atoms with Crippen molar-refractivity contribution in [3.63, 3.8) is 0 Å². The van der Waals surface area contributed by atoms with E-state index in [-0.39, 0.29) is 11.9 Å². The molecule has 0 radical (unpaired) electrons. The third kappa shape index (κ3) is 4.68. The summed E-state index contributed by atoms with van der Waals surface area (Å²) in [6.45, 7) is 7.39. The third-order valence-corrected chi connectivity index (χ3v) is 5.77. The van der Waals surface area contributed by atoms with Crippen LogP contribution in [0, 0.1) is 5.92 Å². The van der Waals surface area contributed by atoms with Crippen molar-refractivity contribution in [3.05, 3.63) is 22.2 Å². The zero-order chi connectivity index (χ0) is 19.6. The summed E-state index contributed by atoms with van der Waals surface area (Å²) in [4.78, 5) is 15.1. The van der Waals surface area contributed by atoms with Crippen molar-refractivity contribution < 1.29 is 14.6 Å². The van der Waals surface area contributed by atoms with E-state index in [1.807, 2.05) is 0 Å². The molecule has 1 fully saturated rings. The summed E-state index contributed by atoms with van der Waals surface area (Å²) >= 11 is 6.19. The Morgan fingerprint density at radius 2 is 2.30 bits per heavy atom. The van der Waals surface area contributed by atoms with Gasteiger partial charge in [0, 0.05) is 25.1 Å². The van der Waals surface area contributed by atoms with Gasteiger partial charge in [-0.05, 0) is 37.8 Å². The zero-order valence-electron chi connectivity index (χ0n) is 16.1. The molecule has 150 valence electrons. The molecular formula is C20H30ClN3O3. The van der Waals surface area contributed by atoms with Crippen molar-refractivity contribution in [2.75, 3.05) is 32.0 Å². The summed E-state index contributed by atoms with van der Waals surface area (Å²) in [7, 11) is 0. The highest BCUT2D eigenvalue weighted by molar-refractivity contribution is 6.33. The lowest BCUT2D eigenvalue weighted by atomic mass is 9.99. The summed E-state index contributed by atoms with van der Waals surface area (Å²) in [6.07, 6.45) is 3.12. The molecular weight excluding hydrogens is 366 g/mol. The molecule has 27 heavy (non-hydrogen) atoms. The molecule has 2 aliphatic heterocycles. The van der Waals surface area contributed by atoms with Crippen LogP contribution >= 0.6 is 11.6 Å². The SMILES string of the molecule is CC(C)CCCN1CC[C@@H](NC(=O)c2cc(Cl)c(N)c3c2OCC3)[C@@H](O)C1. The summed E-state index contributed by atoms with van der Waals surface area (Å²) in [5, 5.41) is 13.8.